The quantitative estimate of drug-likeness (QED) is 0.806. The summed E-state index contributed by atoms with van der Waals surface area (Å²) in [6.07, 6.45) is 1.63. The highest BCUT2D eigenvalue weighted by atomic mass is 16.4. The molecule has 2 nitrogen and oxygen atoms in total. The molecule has 0 spiro atoms. The highest BCUT2D eigenvalue weighted by Crippen LogP contribution is 2.30. The maximum Gasteiger partial charge on any atom is 0.310 e. The normalized spacial score (nSPS) is 10.5. The summed E-state index contributed by atoms with van der Waals surface area (Å²) >= 11 is 0. The van der Waals surface area contributed by atoms with Crippen LogP contribution in [0, 0.1) is 17.3 Å². The highest BCUT2D eigenvalue weighted by Gasteiger charge is 2.33. The average Bonchev–Trinajstić information content (AvgIpc) is 2.36. The van der Waals surface area contributed by atoms with Crippen LogP contribution in [0.5, 0.6) is 0 Å². The van der Waals surface area contributed by atoms with E-state index in [0.717, 1.165) is 5.56 Å². The molecule has 1 aromatic carbocycles. The first-order valence-corrected chi connectivity index (χ1v) is 5.92. The van der Waals surface area contributed by atoms with Gasteiger partial charge in [-0.3, -0.25) is 4.79 Å². The Hall–Kier alpha value is -1.75. The van der Waals surface area contributed by atoms with Crippen LogP contribution in [0.15, 0.2) is 30.3 Å². The lowest BCUT2D eigenvalue weighted by molar-refractivity contribution is -0.149. The van der Waals surface area contributed by atoms with Gasteiger partial charge in [-0.25, -0.2) is 0 Å². The van der Waals surface area contributed by atoms with Crippen LogP contribution < -0.4 is 0 Å². The zero-order valence-electron chi connectivity index (χ0n) is 10.4. The van der Waals surface area contributed by atoms with E-state index >= 15 is 0 Å². The van der Waals surface area contributed by atoms with E-state index in [9.17, 15) is 9.90 Å². The summed E-state index contributed by atoms with van der Waals surface area (Å²) in [5.41, 5.74) is 0.237. The van der Waals surface area contributed by atoms with Gasteiger partial charge in [0.2, 0.25) is 0 Å². The standard InChI is InChI=1S/C15H18O2/c1-3-15(4-2,14(16)17)12-8-11-13-9-6-5-7-10-13/h5-7,9-10H,3-4,12H2,1-2H3,(H,16,17). The molecule has 0 atom stereocenters. The summed E-state index contributed by atoms with van der Waals surface area (Å²) in [5.74, 6) is 5.26. The van der Waals surface area contributed by atoms with Crippen LogP contribution in [0.2, 0.25) is 0 Å². The third kappa shape index (κ3) is 3.35. The molecule has 0 aliphatic heterocycles. The molecule has 0 radical (unpaired) electrons. The zero-order chi connectivity index (χ0) is 12.7. The number of carbonyl (C=O) groups is 1. The second-order valence-corrected chi connectivity index (χ2v) is 4.14. The molecule has 1 aromatic rings. The van der Waals surface area contributed by atoms with Crippen LogP contribution in [-0.2, 0) is 4.79 Å². The monoisotopic (exact) mass is 230 g/mol. The van der Waals surface area contributed by atoms with Crippen molar-refractivity contribution in [1.29, 1.82) is 0 Å². The Morgan fingerprint density at radius 2 is 1.82 bits per heavy atom. The minimum Gasteiger partial charge on any atom is -0.481 e. The van der Waals surface area contributed by atoms with E-state index < -0.39 is 11.4 Å². The number of hydrogen-bond acceptors (Lipinski definition) is 1. The maximum atomic E-state index is 11.3. The van der Waals surface area contributed by atoms with Crippen LogP contribution in [0.3, 0.4) is 0 Å². The van der Waals surface area contributed by atoms with Crippen LogP contribution >= 0.6 is 0 Å². The van der Waals surface area contributed by atoms with Crippen molar-refractivity contribution in [3.05, 3.63) is 35.9 Å². The van der Waals surface area contributed by atoms with E-state index in [1.165, 1.54) is 0 Å². The van der Waals surface area contributed by atoms with Crippen molar-refractivity contribution >= 4 is 5.97 Å². The van der Waals surface area contributed by atoms with Gasteiger partial charge in [0.25, 0.3) is 0 Å². The maximum absolute atomic E-state index is 11.3. The Balaban J connectivity index is 2.78. The van der Waals surface area contributed by atoms with Crippen LogP contribution in [-0.4, -0.2) is 11.1 Å². The molecule has 0 aromatic heterocycles. The summed E-state index contributed by atoms with van der Waals surface area (Å²) < 4.78 is 0. The first-order chi connectivity index (χ1) is 8.14. The summed E-state index contributed by atoms with van der Waals surface area (Å²) in [6, 6.07) is 9.63. The van der Waals surface area contributed by atoms with Gasteiger partial charge in [-0.1, -0.05) is 43.9 Å². The van der Waals surface area contributed by atoms with Crippen molar-refractivity contribution in [3.63, 3.8) is 0 Å². The molecule has 0 aliphatic carbocycles. The number of carboxylic acids is 1. The van der Waals surface area contributed by atoms with Crippen LogP contribution in [0.1, 0.15) is 38.7 Å². The van der Waals surface area contributed by atoms with Gasteiger partial charge in [-0.2, -0.15) is 0 Å². The lowest BCUT2D eigenvalue weighted by Crippen LogP contribution is -2.29. The van der Waals surface area contributed by atoms with Gasteiger partial charge < -0.3 is 5.11 Å². The fourth-order valence-corrected chi connectivity index (χ4v) is 1.72. The molecular weight excluding hydrogens is 212 g/mol. The van der Waals surface area contributed by atoms with Gasteiger partial charge in [0.15, 0.2) is 0 Å². The van der Waals surface area contributed by atoms with Gasteiger partial charge >= 0.3 is 5.97 Å². The predicted molar refractivity (Wildman–Crippen MR) is 68.6 cm³/mol. The molecule has 0 heterocycles. The Kier molecular flexibility index (Phi) is 4.78. The Morgan fingerprint density at radius 1 is 1.24 bits per heavy atom. The van der Waals surface area contributed by atoms with Crippen molar-refractivity contribution < 1.29 is 9.90 Å². The summed E-state index contributed by atoms with van der Waals surface area (Å²) in [4.78, 5) is 11.3. The van der Waals surface area contributed by atoms with Gasteiger partial charge in [-0.05, 0) is 25.0 Å². The number of benzene rings is 1. The molecule has 2 heteroatoms. The molecular formula is C15H18O2. The Morgan fingerprint density at radius 3 is 2.29 bits per heavy atom. The fraction of sp³-hybridized carbons (Fsp3) is 0.400. The van der Waals surface area contributed by atoms with Crippen molar-refractivity contribution in [2.45, 2.75) is 33.1 Å². The second kappa shape index (κ2) is 6.10. The van der Waals surface area contributed by atoms with Crippen molar-refractivity contribution in [2.75, 3.05) is 0 Å². The van der Waals surface area contributed by atoms with Gasteiger partial charge in [0, 0.05) is 12.0 Å². The van der Waals surface area contributed by atoms with E-state index in [-0.39, 0.29) is 0 Å². The van der Waals surface area contributed by atoms with E-state index in [0.29, 0.717) is 19.3 Å². The molecule has 1 N–H and O–H groups in total. The van der Waals surface area contributed by atoms with E-state index in [4.69, 9.17) is 0 Å². The summed E-state index contributed by atoms with van der Waals surface area (Å²) in [6.45, 7) is 3.81. The SMILES string of the molecule is CCC(CC)(CC#Cc1ccccc1)C(=O)O. The van der Waals surface area contributed by atoms with Gasteiger partial charge in [0.1, 0.15) is 0 Å². The van der Waals surface area contributed by atoms with Crippen molar-refractivity contribution in [3.8, 4) is 11.8 Å². The molecule has 0 amide bonds. The topological polar surface area (TPSA) is 37.3 Å². The minimum absolute atomic E-state index is 0.407. The van der Waals surface area contributed by atoms with Crippen molar-refractivity contribution in [1.82, 2.24) is 0 Å². The van der Waals surface area contributed by atoms with E-state index in [1.807, 2.05) is 44.2 Å². The summed E-state index contributed by atoms with van der Waals surface area (Å²) in [5, 5.41) is 9.25. The smallest absolute Gasteiger partial charge is 0.310 e. The average molecular weight is 230 g/mol. The Labute approximate surface area is 103 Å². The molecule has 0 saturated heterocycles. The van der Waals surface area contributed by atoms with Gasteiger partial charge in [0.05, 0.1) is 5.41 Å². The first-order valence-electron chi connectivity index (χ1n) is 5.92. The number of hydrogen-bond donors (Lipinski definition) is 1. The molecule has 0 aliphatic rings. The van der Waals surface area contributed by atoms with Crippen molar-refractivity contribution in [2.24, 2.45) is 5.41 Å². The minimum atomic E-state index is -0.745. The first kappa shape index (κ1) is 13.3. The summed E-state index contributed by atoms with van der Waals surface area (Å²) in [7, 11) is 0. The highest BCUT2D eigenvalue weighted by molar-refractivity contribution is 5.75. The largest absolute Gasteiger partial charge is 0.481 e. The molecule has 17 heavy (non-hydrogen) atoms. The van der Waals surface area contributed by atoms with Crippen LogP contribution in [0.25, 0.3) is 0 Å². The number of rotatable bonds is 4. The second-order valence-electron chi connectivity index (χ2n) is 4.14. The zero-order valence-corrected chi connectivity index (χ0v) is 10.4. The van der Waals surface area contributed by atoms with Gasteiger partial charge in [-0.15, -0.1) is 0 Å². The molecule has 0 unspecified atom stereocenters. The molecule has 0 fully saturated rings. The number of carboxylic acid groups (broad SMARTS) is 1. The molecule has 1 rings (SSSR count). The molecule has 90 valence electrons. The number of aliphatic carboxylic acids is 1. The lowest BCUT2D eigenvalue weighted by atomic mass is 9.79. The molecule has 0 bridgehead atoms. The lowest BCUT2D eigenvalue weighted by Gasteiger charge is -2.23. The third-order valence-corrected chi connectivity index (χ3v) is 3.24. The third-order valence-electron chi connectivity index (χ3n) is 3.24. The Bertz CT molecular complexity index is 419. The van der Waals surface area contributed by atoms with E-state index in [1.54, 1.807) is 0 Å². The van der Waals surface area contributed by atoms with E-state index in [2.05, 4.69) is 11.8 Å². The predicted octanol–water partition coefficient (Wildman–Crippen LogP) is 3.32. The fourth-order valence-electron chi connectivity index (χ4n) is 1.72. The molecule has 0 saturated carbocycles. The van der Waals surface area contributed by atoms with Crippen LogP contribution in [0.4, 0.5) is 0 Å².